The molecule has 2 atom stereocenters. The molecule has 0 aliphatic rings. The molecule has 3 nitrogen and oxygen atoms in total. The molecule has 0 aromatic heterocycles. The number of rotatable bonds is 13. The highest BCUT2D eigenvalue weighted by Crippen LogP contribution is 2.11. The van der Waals surface area contributed by atoms with Crippen molar-refractivity contribution in [2.45, 2.75) is 97.4 Å². The van der Waals surface area contributed by atoms with Crippen LogP contribution in [0.5, 0.6) is 0 Å². The third-order valence-electron chi connectivity index (χ3n) is 3.73. The SMILES string of the molecule is CCCCCCCCCCCCN(C(C)O)C(C)O.Cl. The fourth-order valence-corrected chi connectivity index (χ4v) is 2.47. The number of aliphatic hydroxyl groups is 2. The largest absolute Gasteiger partial charge is 0.379 e. The van der Waals surface area contributed by atoms with E-state index in [-0.39, 0.29) is 12.4 Å². The predicted octanol–water partition coefficient (Wildman–Crippen LogP) is 4.31. The summed E-state index contributed by atoms with van der Waals surface area (Å²) in [4.78, 5) is 1.73. The fraction of sp³-hybridized carbons (Fsp3) is 1.00. The van der Waals surface area contributed by atoms with Crippen LogP contribution >= 0.6 is 12.4 Å². The summed E-state index contributed by atoms with van der Waals surface area (Å²) >= 11 is 0. The Balaban J connectivity index is 0. The minimum Gasteiger partial charge on any atom is -0.379 e. The maximum absolute atomic E-state index is 9.49. The first-order chi connectivity index (χ1) is 9.09. The summed E-state index contributed by atoms with van der Waals surface area (Å²) in [7, 11) is 0. The monoisotopic (exact) mass is 309 g/mol. The van der Waals surface area contributed by atoms with Crippen LogP contribution in [0.4, 0.5) is 0 Å². The van der Waals surface area contributed by atoms with E-state index in [4.69, 9.17) is 0 Å². The van der Waals surface area contributed by atoms with Crippen LogP contribution in [0.3, 0.4) is 0 Å². The van der Waals surface area contributed by atoms with Crippen LogP contribution in [0, 0.1) is 0 Å². The molecule has 0 saturated heterocycles. The van der Waals surface area contributed by atoms with Crippen molar-refractivity contribution in [1.82, 2.24) is 4.90 Å². The number of halogens is 1. The molecule has 0 radical (unpaired) electrons. The van der Waals surface area contributed by atoms with Crippen molar-refractivity contribution in [3.63, 3.8) is 0 Å². The molecule has 20 heavy (non-hydrogen) atoms. The van der Waals surface area contributed by atoms with E-state index in [1.165, 1.54) is 57.8 Å². The van der Waals surface area contributed by atoms with Crippen molar-refractivity contribution < 1.29 is 10.2 Å². The lowest BCUT2D eigenvalue weighted by atomic mass is 10.1. The molecule has 0 aromatic rings. The highest BCUT2D eigenvalue weighted by molar-refractivity contribution is 5.85. The van der Waals surface area contributed by atoms with Gasteiger partial charge in [-0.15, -0.1) is 12.4 Å². The molecule has 4 heteroatoms. The quantitative estimate of drug-likeness (QED) is 0.393. The number of hydrogen-bond acceptors (Lipinski definition) is 3. The van der Waals surface area contributed by atoms with Crippen LogP contribution in [-0.4, -0.2) is 34.1 Å². The molecule has 0 amide bonds. The molecule has 0 aliphatic carbocycles. The molecule has 2 unspecified atom stereocenters. The predicted molar refractivity (Wildman–Crippen MR) is 89.2 cm³/mol. The molecule has 0 aromatic carbocycles. The molecule has 0 rings (SSSR count). The van der Waals surface area contributed by atoms with Gasteiger partial charge in [-0.05, 0) is 20.3 Å². The molecule has 0 fully saturated rings. The third kappa shape index (κ3) is 13.2. The fourth-order valence-electron chi connectivity index (χ4n) is 2.47. The van der Waals surface area contributed by atoms with Gasteiger partial charge in [-0.1, -0.05) is 64.7 Å². The Morgan fingerprint density at radius 1 is 0.700 bits per heavy atom. The average Bonchev–Trinajstić information content (AvgIpc) is 2.35. The van der Waals surface area contributed by atoms with Gasteiger partial charge in [-0.2, -0.15) is 0 Å². The molecule has 2 N–H and O–H groups in total. The lowest BCUT2D eigenvalue weighted by Gasteiger charge is -2.27. The Bertz CT molecular complexity index is 181. The van der Waals surface area contributed by atoms with Crippen LogP contribution in [0.15, 0.2) is 0 Å². The maximum Gasteiger partial charge on any atom is 0.106 e. The zero-order valence-corrected chi connectivity index (χ0v) is 14.5. The molecular weight excluding hydrogens is 274 g/mol. The zero-order chi connectivity index (χ0) is 14.5. The van der Waals surface area contributed by atoms with Gasteiger partial charge in [0, 0.05) is 6.54 Å². The van der Waals surface area contributed by atoms with E-state index in [2.05, 4.69) is 6.92 Å². The molecule has 124 valence electrons. The topological polar surface area (TPSA) is 43.7 Å². The van der Waals surface area contributed by atoms with Gasteiger partial charge in [-0.3, -0.25) is 4.90 Å². The van der Waals surface area contributed by atoms with Crippen LogP contribution in [0.1, 0.15) is 85.0 Å². The zero-order valence-electron chi connectivity index (χ0n) is 13.7. The first kappa shape index (κ1) is 22.5. The lowest BCUT2D eigenvalue weighted by Crippen LogP contribution is -2.40. The summed E-state index contributed by atoms with van der Waals surface area (Å²) in [5, 5.41) is 19.0. The molecule has 0 saturated carbocycles. The van der Waals surface area contributed by atoms with Crippen LogP contribution in [0.2, 0.25) is 0 Å². The van der Waals surface area contributed by atoms with Crippen LogP contribution < -0.4 is 0 Å². The summed E-state index contributed by atoms with van der Waals surface area (Å²) in [5.74, 6) is 0. The van der Waals surface area contributed by atoms with E-state index in [0.29, 0.717) is 0 Å². The van der Waals surface area contributed by atoms with Gasteiger partial charge in [0.25, 0.3) is 0 Å². The molecule has 0 bridgehead atoms. The van der Waals surface area contributed by atoms with Crippen molar-refractivity contribution in [1.29, 1.82) is 0 Å². The summed E-state index contributed by atoms with van der Waals surface area (Å²) in [6.07, 6.45) is 12.0. The number of aliphatic hydroxyl groups excluding tert-OH is 2. The number of unbranched alkanes of at least 4 members (excludes halogenated alkanes) is 9. The van der Waals surface area contributed by atoms with E-state index < -0.39 is 12.5 Å². The first-order valence-corrected chi connectivity index (χ1v) is 8.21. The number of nitrogens with zero attached hydrogens (tertiary/aromatic N) is 1. The van der Waals surface area contributed by atoms with Crippen molar-refractivity contribution in [2.24, 2.45) is 0 Å². The van der Waals surface area contributed by atoms with Crippen LogP contribution in [-0.2, 0) is 0 Å². The third-order valence-corrected chi connectivity index (χ3v) is 3.73. The van der Waals surface area contributed by atoms with Crippen molar-refractivity contribution in [3.05, 3.63) is 0 Å². The second-order valence-electron chi connectivity index (χ2n) is 5.68. The van der Waals surface area contributed by atoms with E-state index in [1.807, 2.05) is 0 Å². The van der Waals surface area contributed by atoms with E-state index >= 15 is 0 Å². The van der Waals surface area contributed by atoms with E-state index in [1.54, 1.807) is 18.7 Å². The molecule has 0 heterocycles. The molecule has 0 aliphatic heterocycles. The second kappa shape index (κ2) is 15.6. The highest BCUT2D eigenvalue weighted by atomic mass is 35.5. The Kier molecular flexibility index (Phi) is 17.5. The van der Waals surface area contributed by atoms with Gasteiger partial charge >= 0.3 is 0 Å². The second-order valence-corrected chi connectivity index (χ2v) is 5.68. The van der Waals surface area contributed by atoms with Crippen molar-refractivity contribution >= 4 is 12.4 Å². The minimum absolute atomic E-state index is 0. The van der Waals surface area contributed by atoms with E-state index in [0.717, 1.165) is 13.0 Å². The van der Waals surface area contributed by atoms with Gasteiger partial charge in [0.15, 0.2) is 0 Å². The average molecular weight is 310 g/mol. The molecular formula is C16H36ClNO2. The van der Waals surface area contributed by atoms with Gasteiger partial charge in [0.05, 0.1) is 0 Å². The minimum atomic E-state index is -0.557. The van der Waals surface area contributed by atoms with Gasteiger partial charge in [-0.25, -0.2) is 0 Å². The van der Waals surface area contributed by atoms with E-state index in [9.17, 15) is 10.2 Å². The molecule has 0 spiro atoms. The number of hydrogen-bond donors (Lipinski definition) is 2. The van der Waals surface area contributed by atoms with Gasteiger partial charge < -0.3 is 10.2 Å². The van der Waals surface area contributed by atoms with Gasteiger partial charge in [0.2, 0.25) is 0 Å². The summed E-state index contributed by atoms with van der Waals surface area (Å²) < 4.78 is 0. The normalized spacial score (nSPS) is 14.1. The lowest BCUT2D eigenvalue weighted by molar-refractivity contribution is -0.0844. The standard InChI is InChI=1S/C16H35NO2.ClH/c1-4-5-6-7-8-9-10-11-12-13-14-17(15(2)18)16(3)19;/h15-16,18-19H,4-14H2,1-3H3;1H. The Labute approximate surface area is 132 Å². The van der Waals surface area contributed by atoms with Crippen LogP contribution in [0.25, 0.3) is 0 Å². The summed E-state index contributed by atoms with van der Waals surface area (Å²) in [5.41, 5.74) is 0. The Hall–Kier alpha value is 0.170. The van der Waals surface area contributed by atoms with Crippen molar-refractivity contribution in [2.75, 3.05) is 6.54 Å². The van der Waals surface area contributed by atoms with Gasteiger partial charge in [0.1, 0.15) is 12.5 Å². The summed E-state index contributed by atoms with van der Waals surface area (Å²) in [6, 6.07) is 0. The Morgan fingerprint density at radius 2 is 1.05 bits per heavy atom. The Morgan fingerprint density at radius 3 is 1.40 bits per heavy atom. The summed E-state index contributed by atoms with van der Waals surface area (Å²) in [6.45, 7) is 6.46. The highest BCUT2D eigenvalue weighted by Gasteiger charge is 2.14. The maximum atomic E-state index is 9.49. The smallest absolute Gasteiger partial charge is 0.106 e. The van der Waals surface area contributed by atoms with Crippen molar-refractivity contribution in [3.8, 4) is 0 Å². The first-order valence-electron chi connectivity index (χ1n) is 8.21.